The molecule has 0 atom stereocenters. The summed E-state index contributed by atoms with van der Waals surface area (Å²) in [4.78, 5) is 26.8. The number of halogens is 1. The lowest BCUT2D eigenvalue weighted by atomic mass is 10.2. The van der Waals surface area contributed by atoms with Crippen LogP contribution >= 0.6 is 0 Å². The van der Waals surface area contributed by atoms with E-state index in [0.29, 0.717) is 44.0 Å². The van der Waals surface area contributed by atoms with Crippen LogP contribution in [-0.4, -0.2) is 46.2 Å². The molecule has 0 unspecified atom stereocenters. The van der Waals surface area contributed by atoms with Gasteiger partial charge in [-0.05, 0) is 29.8 Å². The van der Waals surface area contributed by atoms with Gasteiger partial charge in [0.05, 0.1) is 13.1 Å². The molecule has 1 aromatic heterocycles. The lowest BCUT2D eigenvalue weighted by molar-refractivity contribution is 0.0683. The second-order valence-electron chi connectivity index (χ2n) is 6.91. The first-order valence-corrected chi connectivity index (χ1v) is 9.68. The third-order valence-corrected chi connectivity index (χ3v) is 4.76. The van der Waals surface area contributed by atoms with E-state index in [1.54, 1.807) is 21.7 Å². The number of hydrogen-bond acceptors (Lipinski definition) is 4. The van der Waals surface area contributed by atoms with E-state index in [2.05, 4.69) is 10.4 Å². The number of ether oxygens (including phenoxy) is 1. The molecule has 1 N–H and O–H groups in total. The Kier molecular flexibility index (Phi) is 5.74. The van der Waals surface area contributed by atoms with Crippen molar-refractivity contribution in [1.82, 2.24) is 20.0 Å². The molecular weight excluding hydrogens is 387 g/mol. The Balaban J connectivity index is 1.34. The number of fused-ring (bicyclic) bond motifs is 1. The summed E-state index contributed by atoms with van der Waals surface area (Å²) in [6.45, 7) is 1.86. The molecule has 0 aliphatic carbocycles. The molecule has 7 nitrogen and oxygen atoms in total. The highest BCUT2D eigenvalue weighted by Crippen LogP contribution is 2.17. The molecule has 3 aromatic rings. The monoisotopic (exact) mass is 408 g/mol. The van der Waals surface area contributed by atoms with E-state index in [-0.39, 0.29) is 23.3 Å². The molecule has 0 fully saturated rings. The van der Waals surface area contributed by atoms with Crippen LogP contribution in [0.25, 0.3) is 0 Å². The van der Waals surface area contributed by atoms with Crippen LogP contribution in [-0.2, 0) is 13.1 Å². The highest BCUT2D eigenvalue weighted by Gasteiger charge is 2.28. The molecule has 0 saturated carbocycles. The van der Waals surface area contributed by atoms with Gasteiger partial charge in [0.1, 0.15) is 23.9 Å². The third-order valence-electron chi connectivity index (χ3n) is 4.76. The smallest absolute Gasteiger partial charge is 0.272 e. The van der Waals surface area contributed by atoms with Gasteiger partial charge in [0, 0.05) is 19.2 Å². The maximum Gasteiger partial charge on any atom is 0.272 e. The number of carbonyl (C=O) groups excluding carboxylic acids is 2. The molecule has 2 aromatic carbocycles. The maximum atomic E-state index is 13.4. The van der Waals surface area contributed by atoms with Crippen molar-refractivity contribution >= 4 is 11.8 Å². The standard InChI is InChI=1S/C22H21FN4O3/c23-17-6-4-5-16(13-17)15-26-10-11-27-20(22(26)29)14-19(25-27)21(28)24-9-12-30-18-7-2-1-3-8-18/h1-8,13-14H,9-12,15H2,(H,24,28). The van der Waals surface area contributed by atoms with Gasteiger partial charge < -0.3 is 15.0 Å². The minimum atomic E-state index is -0.363. The summed E-state index contributed by atoms with van der Waals surface area (Å²) in [5.41, 5.74) is 1.25. The number of rotatable bonds is 7. The number of nitrogens with zero attached hydrogens (tertiary/aromatic N) is 3. The molecule has 2 amide bonds. The SMILES string of the molecule is O=C(NCCOc1ccccc1)c1cc2n(n1)CCN(Cc1cccc(F)c1)C2=O. The van der Waals surface area contributed by atoms with Crippen molar-refractivity contribution in [3.8, 4) is 5.75 Å². The predicted octanol–water partition coefficient (Wildman–Crippen LogP) is 2.49. The van der Waals surface area contributed by atoms with Gasteiger partial charge in [-0.25, -0.2) is 4.39 Å². The van der Waals surface area contributed by atoms with E-state index in [1.165, 1.54) is 18.2 Å². The van der Waals surface area contributed by atoms with Gasteiger partial charge in [0.2, 0.25) is 0 Å². The summed E-state index contributed by atoms with van der Waals surface area (Å²) in [6, 6.07) is 17.0. The Bertz CT molecular complexity index is 1050. The summed E-state index contributed by atoms with van der Waals surface area (Å²) in [6.07, 6.45) is 0. The van der Waals surface area contributed by atoms with Gasteiger partial charge in [-0.1, -0.05) is 30.3 Å². The molecule has 0 spiro atoms. The van der Waals surface area contributed by atoms with Crippen molar-refractivity contribution in [2.24, 2.45) is 0 Å². The first kappa shape index (κ1) is 19.6. The van der Waals surface area contributed by atoms with Crippen LogP contribution < -0.4 is 10.1 Å². The fraction of sp³-hybridized carbons (Fsp3) is 0.227. The molecule has 30 heavy (non-hydrogen) atoms. The summed E-state index contributed by atoms with van der Waals surface area (Å²) in [5.74, 6) is -0.201. The van der Waals surface area contributed by atoms with Crippen molar-refractivity contribution in [2.45, 2.75) is 13.1 Å². The molecule has 8 heteroatoms. The van der Waals surface area contributed by atoms with Crippen molar-refractivity contribution in [3.05, 3.63) is 83.4 Å². The highest BCUT2D eigenvalue weighted by atomic mass is 19.1. The van der Waals surface area contributed by atoms with E-state index < -0.39 is 0 Å². The minimum absolute atomic E-state index is 0.186. The van der Waals surface area contributed by atoms with Gasteiger partial charge in [0.15, 0.2) is 5.69 Å². The van der Waals surface area contributed by atoms with Crippen LogP contribution in [0, 0.1) is 5.82 Å². The van der Waals surface area contributed by atoms with E-state index in [4.69, 9.17) is 4.74 Å². The maximum absolute atomic E-state index is 13.4. The first-order valence-electron chi connectivity index (χ1n) is 9.68. The summed E-state index contributed by atoms with van der Waals surface area (Å²) in [7, 11) is 0. The molecule has 4 rings (SSSR count). The van der Waals surface area contributed by atoms with E-state index >= 15 is 0 Å². The first-order chi connectivity index (χ1) is 14.6. The highest BCUT2D eigenvalue weighted by molar-refractivity contribution is 5.98. The lowest BCUT2D eigenvalue weighted by Gasteiger charge is -2.27. The van der Waals surface area contributed by atoms with Gasteiger partial charge >= 0.3 is 0 Å². The molecule has 154 valence electrons. The number of carbonyl (C=O) groups is 2. The van der Waals surface area contributed by atoms with Crippen molar-refractivity contribution in [2.75, 3.05) is 19.7 Å². The zero-order valence-electron chi connectivity index (χ0n) is 16.3. The van der Waals surface area contributed by atoms with E-state index in [1.807, 2.05) is 30.3 Å². The fourth-order valence-electron chi connectivity index (χ4n) is 3.30. The lowest BCUT2D eigenvalue weighted by Crippen LogP contribution is -2.39. The molecule has 2 heterocycles. The number of hydrogen-bond donors (Lipinski definition) is 1. The van der Waals surface area contributed by atoms with Crippen molar-refractivity contribution in [1.29, 1.82) is 0 Å². The van der Waals surface area contributed by atoms with Crippen LogP contribution in [0.15, 0.2) is 60.7 Å². The number of nitrogens with one attached hydrogen (secondary N) is 1. The number of aromatic nitrogens is 2. The second kappa shape index (κ2) is 8.77. The predicted molar refractivity (Wildman–Crippen MR) is 108 cm³/mol. The quantitative estimate of drug-likeness (QED) is 0.610. The Morgan fingerprint density at radius 2 is 1.93 bits per heavy atom. The third kappa shape index (κ3) is 4.48. The van der Waals surface area contributed by atoms with Gasteiger partial charge in [-0.3, -0.25) is 14.3 Å². The zero-order valence-corrected chi connectivity index (χ0v) is 16.3. The normalized spacial score (nSPS) is 13.1. The number of para-hydroxylation sites is 1. The van der Waals surface area contributed by atoms with Crippen LogP contribution in [0.3, 0.4) is 0 Å². The fourth-order valence-corrected chi connectivity index (χ4v) is 3.30. The molecule has 1 aliphatic rings. The summed E-state index contributed by atoms with van der Waals surface area (Å²) in [5, 5.41) is 6.99. The van der Waals surface area contributed by atoms with Crippen LogP contribution in [0.1, 0.15) is 26.5 Å². The molecule has 1 aliphatic heterocycles. The van der Waals surface area contributed by atoms with Crippen LogP contribution in [0.5, 0.6) is 5.75 Å². The molecular formula is C22H21FN4O3. The van der Waals surface area contributed by atoms with Crippen molar-refractivity contribution < 1.29 is 18.7 Å². The van der Waals surface area contributed by atoms with Gasteiger partial charge in [0.25, 0.3) is 11.8 Å². The largest absolute Gasteiger partial charge is 0.492 e. The minimum Gasteiger partial charge on any atom is -0.492 e. The Morgan fingerprint density at radius 1 is 1.10 bits per heavy atom. The van der Waals surface area contributed by atoms with Crippen molar-refractivity contribution in [3.63, 3.8) is 0 Å². The topological polar surface area (TPSA) is 76.5 Å². The summed E-state index contributed by atoms with van der Waals surface area (Å²) < 4.78 is 20.5. The zero-order chi connectivity index (χ0) is 20.9. The van der Waals surface area contributed by atoms with Gasteiger partial charge in [-0.2, -0.15) is 5.10 Å². The number of benzene rings is 2. The van der Waals surface area contributed by atoms with Gasteiger partial charge in [-0.15, -0.1) is 0 Å². The Hall–Kier alpha value is -3.68. The molecule has 0 bridgehead atoms. The van der Waals surface area contributed by atoms with Crippen LogP contribution in [0.4, 0.5) is 4.39 Å². The average molecular weight is 408 g/mol. The average Bonchev–Trinajstić information content (AvgIpc) is 3.19. The second-order valence-corrected chi connectivity index (χ2v) is 6.91. The Morgan fingerprint density at radius 3 is 2.73 bits per heavy atom. The van der Waals surface area contributed by atoms with E-state index in [0.717, 1.165) is 5.75 Å². The number of amides is 2. The molecule has 0 radical (unpaired) electrons. The Labute approximate surface area is 173 Å². The van der Waals surface area contributed by atoms with E-state index in [9.17, 15) is 14.0 Å². The molecule has 0 saturated heterocycles. The van der Waals surface area contributed by atoms with Crippen LogP contribution in [0.2, 0.25) is 0 Å². The summed E-state index contributed by atoms with van der Waals surface area (Å²) >= 11 is 0.